The van der Waals surface area contributed by atoms with Crippen molar-refractivity contribution in [3.63, 3.8) is 0 Å². The number of amidine groups is 1. The van der Waals surface area contributed by atoms with E-state index in [1.54, 1.807) is 7.11 Å². The first-order chi connectivity index (χ1) is 16.5. The van der Waals surface area contributed by atoms with Crippen LogP contribution in [-0.4, -0.2) is 55.1 Å². The molecule has 7 nitrogen and oxygen atoms in total. The molecule has 1 aliphatic carbocycles. The van der Waals surface area contributed by atoms with Gasteiger partial charge in [-0.05, 0) is 44.4 Å². The van der Waals surface area contributed by atoms with Gasteiger partial charge in [0.05, 0.1) is 23.0 Å². The zero-order chi connectivity index (χ0) is 24.1. The highest BCUT2D eigenvalue weighted by molar-refractivity contribution is 6.09. The van der Waals surface area contributed by atoms with Crippen LogP contribution in [0.1, 0.15) is 74.2 Å². The predicted molar refractivity (Wildman–Crippen MR) is 138 cm³/mol. The molecule has 1 aliphatic heterocycles. The van der Waals surface area contributed by atoms with Crippen molar-refractivity contribution in [2.45, 2.75) is 83.4 Å². The van der Waals surface area contributed by atoms with Gasteiger partial charge in [0.15, 0.2) is 0 Å². The summed E-state index contributed by atoms with van der Waals surface area (Å²) in [6.45, 7) is 5.38. The number of aryl methyl sites for hydroxylation is 1. The molecule has 3 N–H and O–H groups in total. The molecule has 1 aromatic carbocycles. The van der Waals surface area contributed by atoms with Crippen LogP contribution in [0, 0.1) is 12.3 Å². The van der Waals surface area contributed by atoms with Crippen LogP contribution in [0.15, 0.2) is 24.3 Å². The van der Waals surface area contributed by atoms with Crippen molar-refractivity contribution >= 4 is 28.5 Å². The molecular formula is C27H39N5O2. The molecule has 1 saturated heterocycles. The van der Waals surface area contributed by atoms with Gasteiger partial charge in [-0.2, -0.15) is 0 Å². The third-order valence-corrected chi connectivity index (χ3v) is 7.28. The summed E-state index contributed by atoms with van der Waals surface area (Å²) in [6, 6.07) is 8.90. The molecule has 0 bridgehead atoms. The average Bonchev–Trinajstić information content (AvgIpc) is 3.12. The van der Waals surface area contributed by atoms with Gasteiger partial charge in [0.2, 0.25) is 0 Å². The van der Waals surface area contributed by atoms with Crippen LogP contribution in [0.4, 0.5) is 5.82 Å². The molecule has 2 fully saturated rings. The minimum atomic E-state index is -0.273. The largest absolute Gasteiger partial charge is 0.378 e. The number of anilines is 1. The van der Waals surface area contributed by atoms with Gasteiger partial charge in [0.1, 0.15) is 5.82 Å². The number of methoxy groups -OCH3 is 1. The monoisotopic (exact) mass is 465 g/mol. The van der Waals surface area contributed by atoms with Crippen molar-refractivity contribution in [2.75, 3.05) is 25.1 Å². The molecular weight excluding hydrogens is 426 g/mol. The summed E-state index contributed by atoms with van der Waals surface area (Å²) in [5, 5.41) is 15.5. The number of pyridine rings is 1. The van der Waals surface area contributed by atoms with E-state index in [1.807, 2.05) is 32.0 Å². The van der Waals surface area contributed by atoms with Gasteiger partial charge in [-0.15, -0.1) is 0 Å². The van der Waals surface area contributed by atoms with E-state index in [0.717, 1.165) is 29.4 Å². The van der Waals surface area contributed by atoms with Crippen LogP contribution in [-0.2, 0) is 4.74 Å². The lowest BCUT2D eigenvalue weighted by atomic mass is 9.98. The second-order valence-corrected chi connectivity index (χ2v) is 9.81. The SMILES string of the molecule is CCC(=N)NC(=O)c1cc2cc(C)ccc2nc1N1CCC(NC2CCCCCC2)C(OC)C1. The Balaban J connectivity index is 1.59. The molecule has 2 atom stereocenters. The maximum Gasteiger partial charge on any atom is 0.260 e. The number of hydrogen-bond acceptors (Lipinski definition) is 6. The molecule has 2 aromatic rings. The Morgan fingerprint density at radius 2 is 1.94 bits per heavy atom. The van der Waals surface area contributed by atoms with E-state index in [0.29, 0.717) is 36.4 Å². The van der Waals surface area contributed by atoms with Crippen LogP contribution >= 0.6 is 0 Å². The van der Waals surface area contributed by atoms with E-state index in [-0.39, 0.29) is 17.8 Å². The fourth-order valence-electron chi connectivity index (χ4n) is 5.27. The summed E-state index contributed by atoms with van der Waals surface area (Å²) < 4.78 is 5.95. The Labute approximate surface area is 203 Å². The van der Waals surface area contributed by atoms with Gasteiger partial charge in [-0.1, -0.05) is 44.2 Å². The molecule has 1 aromatic heterocycles. The Morgan fingerprint density at radius 1 is 1.18 bits per heavy atom. The molecule has 0 radical (unpaired) electrons. The number of fused-ring (bicyclic) bond motifs is 1. The number of rotatable bonds is 6. The van der Waals surface area contributed by atoms with Crippen molar-refractivity contribution in [1.82, 2.24) is 15.6 Å². The number of nitrogens with one attached hydrogen (secondary N) is 3. The second-order valence-electron chi connectivity index (χ2n) is 9.81. The Bertz CT molecular complexity index is 1020. The summed E-state index contributed by atoms with van der Waals surface area (Å²) in [5.41, 5.74) is 2.51. The lowest BCUT2D eigenvalue weighted by molar-refractivity contribution is 0.0546. The lowest BCUT2D eigenvalue weighted by Crippen LogP contribution is -2.56. The van der Waals surface area contributed by atoms with Crippen molar-refractivity contribution < 1.29 is 9.53 Å². The first-order valence-corrected chi connectivity index (χ1v) is 12.8. The van der Waals surface area contributed by atoms with Gasteiger partial charge in [0.25, 0.3) is 5.91 Å². The lowest BCUT2D eigenvalue weighted by Gasteiger charge is -2.40. The van der Waals surface area contributed by atoms with Crippen LogP contribution in [0.3, 0.4) is 0 Å². The zero-order valence-electron chi connectivity index (χ0n) is 20.8. The van der Waals surface area contributed by atoms with Gasteiger partial charge in [-0.25, -0.2) is 4.98 Å². The highest BCUT2D eigenvalue weighted by atomic mass is 16.5. The maximum absolute atomic E-state index is 13.2. The summed E-state index contributed by atoms with van der Waals surface area (Å²) in [6.07, 6.45) is 9.23. The average molecular weight is 466 g/mol. The summed E-state index contributed by atoms with van der Waals surface area (Å²) >= 11 is 0. The van der Waals surface area contributed by atoms with E-state index in [4.69, 9.17) is 15.1 Å². The summed E-state index contributed by atoms with van der Waals surface area (Å²) in [5.74, 6) is 0.611. The van der Waals surface area contributed by atoms with Crippen LogP contribution in [0.2, 0.25) is 0 Å². The molecule has 2 aliphatic rings. The molecule has 7 heteroatoms. The number of carbonyl (C=O) groups is 1. The van der Waals surface area contributed by atoms with E-state index < -0.39 is 0 Å². The highest BCUT2D eigenvalue weighted by Gasteiger charge is 2.33. The van der Waals surface area contributed by atoms with Crippen molar-refractivity contribution in [2.24, 2.45) is 0 Å². The number of hydrogen-bond donors (Lipinski definition) is 3. The molecule has 4 rings (SSSR count). The Hall–Kier alpha value is -2.51. The zero-order valence-corrected chi connectivity index (χ0v) is 20.8. The fraction of sp³-hybridized carbons (Fsp3) is 0.593. The number of ether oxygens (including phenoxy) is 1. The van der Waals surface area contributed by atoms with Gasteiger partial charge in [-0.3, -0.25) is 10.2 Å². The minimum Gasteiger partial charge on any atom is -0.378 e. The number of piperidine rings is 1. The van der Waals surface area contributed by atoms with Crippen molar-refractivity contribution in [3.05, 3.63) is 35.4 Å². The van der Waals surface area contributed by atoms with E-state index >= 15 is 0 Å². The topological polar surface area (TPSA) is 90.3 Å². The molecule has 34 heavy (non-hydrogen) atoms. The normalized spacial score (nSPS) is 21.9. The number of amides is 1. The number of carbonyl (C=O) groups excluding carboxylic acids is 1. The molecule has 0 spiro atoms. The quantitative estimate of drug-likeness (QED) is 0.330. The van der Waals surface area contributed by atoms with Gasteiger partial charge >= 0.3 is 0 Å². The standard InChI is InChI=1S/C27H39N5O2/c1-4-25(28)31-27(33)21-16-19-15-18(2)11-12-22(19)30-26(21)32-14-13-23(24(17-32)34-3)29-20-9-7-5-6-8-10-20/h11-12,15-16,20,23-24,29H,4-10,13-14,17H2,1-3H3,(H2,28,31,33). The third-order valence-electron chi connectivity index (χ3n) is 7.28. The second kappa shape index (κ2) is 11.3. The van der Waals surface area contributed by atoms with Crippen LogP contribution < -0.4 is 15.5 Å². The van der Waals surface area contributed by atoms with Crippen LogP contribution in [0.5, 0.6) is 0 Å². The van der Waals surface area contributed by atoms with Gasteiger partial charge in [0, 0.05) is 44.1 Å². The Morgan fingerprint density at radius 3 is 2.65 bits per heavy atom. The van der Waals surface area contributed by atoms with E-state index in [2.05, 4.69) is 21.6 Å². The molecule has 184 valence electrons. The minimum absolute atomic E-state index is 0.0253. The first-order valence-electron chi connectivity index (χ1n) is 12.8. The molecule has 1 saturated carbocycles. The van der Waals surface area contributed by atoms with Gasteiger partial charge < -0.3 is 20.3 Å². The Kier molecular flexibility index (Phi) is 8.16. The smallest absolute Gasteiger partial charge is 0.260 e. The predicted octanol–water partition coefficient (Wildman–Crippen LogP) is 4.57. The summed E-state index contributed by atoms with van der Waals surface area (Å²) in [4.78, 5) is 20.3. The third kappa shape index (κ3) is 5.76. The van der Waals surface area contributed by atoms with E-state index in [1.165, 1.54) is 38.5 Å². The number of benzene rings is 1. The molecule has 2 heterocycles. The summed E-state index contributed by atoms with van der Waals surface area (Å²) in [7, 11) is 1.78. The van der Waals surface area contributed by atoms with Crippen molar-refractivity contribution in [1.29, 1.82) is 5.41 Å². The maximum atomic E-state index is 13.2. The number of nitrogens with zero attached hydrogens (tertiary/aromatic N) is 2. The highest BCUT2D eigenvalue weighted by Crippen LogP contribution is 2.28. The first kappa shape index (κ1) is 24.6. The number of aromatic nitrogens is 1. The van der Waals surface area contributed by atoms with Crippen molar-refractivity contribution in [3.8, 4) is 0 Å². The van der Waals surface area contributed by atoms with E-state index in [9.17, 15) is 4.79 Å². The fourth-order valence-corrected chi connectivity index (χ4v) is 5.27. The molecule has 1 amide bonds. The molecule has 2 unspecified atom stereocenters. The van der Waals surface area contributed by atoms with Crippen LogP contribution in [0.25, 0.3) is 10.9 Å².